The van der Waals surface area contributed by atoms with Crippen molar-refractivity contribution in [2.45, 2.75) is 12.5 Å². The van der Waals surface area contributed by atoms with Crippen molar-refractivity contribution in [3.05, 3.63) is 59.4 Å². The van der Waals surface area contributed by atoms with Crippen LogP contribution < -0.4 is 19.5 Å². The van der Waals surface area contributed by atoms with E-state index < -0.39 is 0 Å². The number of para-hydroxylation sites is 1. The molecule has 8 nitrogen and oxygen atoms in total. The highest BCUT2D eigenvalue weighted by Gasteiger charge is 2.28. The highest BCUT2D eigenvalue weighted by molar-refractivity contribution is 6.32. The second-order valence-electron chi connectivity index (χ2n) is 6.33. The lowest BCUT2D eigenvalue weighted by Gasteiger charge is -2.24. The molecular formula is C20H19ClN4O4. The van der Waals surface area contributed by atoms with Gasteiger partial charge < -0.3 is 14.2 Å². The SMILES string of the molecule is COc1cc([C@@H]2CC(=O)Nc3ncnn32)ccc1OCCOc1ccccc1Cl. The maximum absolute atomic E-state index is 12.0. The van der Waals surface area contributed by atoms with Crippen molar-refractivity contribution < 1.29 is 19.0 Å². The molecule has 0 radical (unpaired) electrons. The third kappa shape index (κ3) is 4.12. The number of fused-ring (bicyclic) bond motifs is 1. The molecule has 1 N–H and O–H groups in total. The molecule has 0 bridgehead atoms. The summed E-state index contributed by atoms with van der Waals surface area (Å²) >= 11 is 6.07. The molecule has 0 saturated heterocycles. The number of nitrogens with zero attached hydrogens (tertiary/aromatic N) is 3. The Morgan fingerprint density at radius 2 is 1.93 bits per heavy atom. The first-order valence-electron chi connectivity index (χ1n) is 9.03. The van der Waals surface area contributed by atoms with E-state index >= 15 is 0 Å². The Hall–Kier alpha value is -3.26. The van der Waals surface area contributed by atoms with Crippen LogP contribution in [-0.2, 0) is 4.79 Å². The molecule has 4 rings (SSSR count). The van der Waals surface area contributed by atoms with Gasteiger partial charge in [-0.25, -0.2) is 4.68 Å². The number of methoxy groups -OCH3 is 1. The van der Waals surface area contributed by atoms with Gasteiger partial charge in [-0.3, -0.25) is 10.1 Å². The highest BCUT2D eigenvalue weighted by Crippen LogP contribution is 2.35. The van der Waals surface area contributed by atoms with E-state index in [0.29, 0.717) is 41.4 Å². The maximum Gasteiger partial charge on any atom is 0.229 e. The van der Waals surface area contributed by atoms with Crippen LogP contribution in [0.4, 0.5) is 5.95 Å². The van der Waals surface area contributed by atoms with E-state index in [4.69, 9.17) is 25.8 Å². The second-order valence-corrected chi connectivity index (χ2v) is 6.74. The molecule has 1 aliphatic heterocycles. The quantitative estimate of drug-likeness (QED) is 0.597. The molecule has 0 aliphatic carbocycles. The van der Waals surface area contributed by atoms with Gasteiger partial charge in [-0.05, 0) is 29.8 Å². The van der Waals surface area contributed by atoms with E-state index in [1.807, 2.05) is 30.3 Å². The van der Waals surface area contributed by atoms with Gasteiger partial charge in [-0.1, -0.05) is 29.8 Å². The predicted molar refractivity (Wildman–Crippen MR) is 107 cm³/mol. The topological polar surface area (TPSA) is 87.5 Å². The Bertz CT molecular complexity index is 1020. The fourth-order valence-electron chi connectivity index (χ4n) is 3.14. The Labute approximate surface area is 172 Å². The minimum Gasteiger partial charge on any atom is -0.493 e. The molecule has 0 fully saturated rings. The lowest BCUT2D eigenvalue weighted by Crippen LogP contribution is -2.29. The van der Waals surface area contributed by atoms with Gasteiger partial charge in [0.2, 0.25) is 11.9 Å². The van der Waals surface area contributed by atoms with Crippen molar-refractivity contribution in [2.75, 3.05) is 25.6 Å². The molecule has 9 heteroatoms. The number of halogens is 1. The molecule has 2 heterocycles. The zero-order chi connectivity index (χ0) is 20.2. The molecule has 1 aromatic heterocycles. The third-order valence-corrected chi connectivity index (χ3v) is 4.82. The van der Waals surface area contributed by atoms with Crippen LogP contribution in [0.2, 0.25) is 5.02 Å². The van der Waals surface area contributed by atoms with Crippen LogP contribution >= 0.6 is 11.6 Å². The summed E-state index contributed by atoms with van der Waals surface area (Å²) in [6.45, 7) is 0.653. The molecule has 0 saturated carbocycles. The van der Waals surface area contributed by atoms with E-state index in [1.54, 1.807) is 23.9 Å². The van der Waals surface area contributed by atoms with Crippen molar-refractivity contribution in [2.24, 2.45) is 0 Å². The lowest BCUT2D eigenvalue weighted by molar-refractivity contribution is -0.117. The van der Waals surface area contributed by atoms with Gasteiger partial charge in [0.05, 0.1) is 24.6 Å². The third-order valence-electron chi connectivity index (χ3n) is 4.51. The first-order chi connectivity index (χ1) is 14.2. The van der Waals surface area contributed by atoms with Gasteiger partial charge in [0.15, 0.2) is 11.5 Å². The number of ether oxygens (including phenoxy) is 3. The molecular weight excluding hydrogens is 396 g/mol. The number of carbonyl (C=O) groups excluding carboxylic acids is 1. The van der Waals surface area contributed by atoms with Crippen LogP contribution in [0.5, 0.6) is 17.2 Å². The summed E-state index contributed by atoms with van der Waals surface area (Å²) in [5, 5.41) is 7.47. The van der Waals surface area contributed by atoms with Crippen LogP contribution in [0.3, 0.4) is 0 Å². The number of carbonyl (C=O) groups is 1. The molecule has 29 heavy (non-hydrogen) atoms. The monoisotopic (exact) mass is 414 g/mol. The molecule has 2 aromatic carbocycles. The molecule has 1 atom stereocenters. The Kier molecular flexibility index (Phi) is 5.53. The van der Waals surface area contributed by atoms with Gasteiger partial charge in [0.1, 0.15) is 25.3 Å². The average Bonchev–Trinajstić information content (AvgIpc) is 3.20. The van der Waals surface area contributed by atoms with E-state index in [1.165, 1.54) is 6.33 Å². The van der Waals surface area contributed by atoms with E-state index in [-0.39, 0.29) is 18.4 Å². The molecule has 0 unspecified atom stereocenters. The summed E-state index contributed by atoms with van der Waals surface area (Å²) in [7, 11) is 1.57. The molecule has 1 aliphatic rings. The number of rotatable bonds is 7. The summed E-state index contributed by atoms with van der Waals surface area (Å²) < 4.78 is 18.6. The number of amides is 1. The summed E-state index contributed by atoms with van der Waals surface area (Å²) in [5.74, 6) is 2.08. The zero-order valence-electron chi connectivity index (χ0n) is 15.7. The first-order valence-corrected chi connectivity index (χ1v) is 9.41. The largest absolute Gasteiger partial charge is 0.493 e. The standard InChI is InChI=1S/C20H19ClN4O4/c1-27-18-10-13(15-11-19(26)24-20-22-12-23-25(15)20)6-7-17(18)29-9-8-28-16-5-3-2-4-14(16)21/h2-7,10,12,15H,8-9,11H2,1H3,(H,22,23,24,26)/t15-/m0/s1. The molecule has 3 aromatic rings. The number of hydrogen-bond acceptors (Lipinski definition) is 6. The molecule has 150 valence electrons. The fourth-order valence-corrected chi connectivity index (χ4v) is 3.33. The van der Waals surface area contributed by atoms with Crippen molar-refractivity contribution in [3.8, 4) is 17.2 Å². The number of hydrogen-bond donors (Lipinski definition) is 1. The Morgan fingerprint density at radius 1 is 1.14 bits per heavy atom. The van der Waals surface area contributed by atoms with Gasteiger partial charge in [-0.15, -0.1) is 0 Å². The van der Waals surface area contributed by atoms with E-state index in [9.17, 15) is 4.79 Å². The van der Waals surface area contributed by atoms with Crippen molar-refractivity contribution >= 4 is 23.5 Å². The van der Waals surface area contributed by atoms with Gasteiger partial charge in [0.25, 0.3) is 0 Å². The van der Waals surface area contributed by atoms with E-state index in [2.05, 4.69) is 15.4 Å². The average molecular weight is 415 g/mol. The minimum atomic E-state index is -0.257. The van der Waals surface area contributed by atoms with Crippen LogP contribution in [-0.4, -0.2) is 41.0 Å². The number of aromatic nitrogens is 3. The van der Waals surface area contributed by atoms with Crippen molar-refractivity contribution in [3.63, 3.8) is 0 Å². The highest BCUT2D eigenvalue weighted by atomic mass is 35.5. The number of anilines is 1. The van der Waals surface area contributed by atoms with Gasteiger partial charge in [-0.2, -0.15) is 10.1 Å². The molecule has 1 amide bonds. The molecule has 0 spiro atoms. The van der Waals surface area contributed by atoms with Crippen LogP contribution in [0.15, 0.2) is 48.8 Å². The minimum absolute atomic E-state index is 0.105. The van der Waals surface area contributed by atoms with Crippen molar-refractivity contribution in [1.82, 2.24) is 14.8 Å². The smallest absolute Gasteiger partial charge is 0.229 e. The zero-order valence-corrected chi connectivity index (χ0v) is 16.4. The summed E-state index contributed by atoms with van der Waals surface area (Å²) in [6, 6.07) is 12.6. The normalized spacial score (nSPS) is 15.4. The fraction of sp³-hybridized carbons (Fsp3) is 0.250. The summed E-state index contributed by atoms with van der Waals surface area (Å²) in [5.41, 5.74) is 0.878. The summed E-state index contributed by atoms with van der Waals surface area (Å²) in [6.07, 6.45) is 1.69. The predicted octanol–water partition coefficient (Wildman–Crippen LogP) is 3.33. The number of benzene rings is 2. The maximum atomic E-state index is 12.0. The number of nitrogens with one attached hydrogen (secondary N) is 1. The van der Waals surface area contributed by atoms with Crippen LogP contribution in [0.25, 0.3) is 0 Å². The lowest BCUT2D eigenvalue weighted by atomic mass is 10.0. The van der Waals surface area contributed by atoms with Gasteiger partial charge >= 0.3 is 0 Å². The summed E-state index contributed by atoms with van der Waals surface area (Å²) in [4.78, 5) is 16.0. The van der Waals surface area contributed by atoms with E-state index in [0.717, 1.165) is 5.56 Å². The Balaban J connectivity index is 1.44. The van der Waals surface area contributed by atoms with Crippen LogP contribution in [0.1, 0.15) is 18.0 Å². The first kappa shape index (κ1) is 19.1. The van der Waals surface area contributed by atoms with Crippen LogP contribution in [0, 0.1) is 0 Å². The van der Waals surface area contributed by atoms with Crippen molar-refractivity contribution in [1.29, 1.82) is 0 Å². The van der Waals surface area contributed by atoms with Gasteiger partial charge in [0, 0.05) is 0 Å². The Morgan fingerprint density at radius 3 is 2.72 bits per heavy atom. The second kappa shape index (κ2) is 8.40.